The predicted octanol–water partition coefficient (Wildman–Crippen LogP) is -0.165. The summed E-state index contributed by atoms with van der Waals surface area (Å²) in [4.78, 5) is 0. The maximum Gasteiger partial charge on any atom is 1.00 e. The first kappa shape index (κ1) is 17.3. The maximum atomic E-state index is 11.9. The van der Waals surface area contributed by atoms with Crippen molar-refractivity contribution < 1.29 is 69.8 Å². The molecule has 3 rings (SSSR count). The molecule has 0 unspecified atom stereocenters. The van der Waals surface area contributed by atoms with Crippen LogP contribution in [0.1, 0.15) is 0 Å². The van der Waals surface area contributed by atoms with Gasteiger partial charge in [0, 0.05) is 0 Å². The molecule has 22 heavy (non-hydrogen) atoms. The molecular formula is C16H13KO4Si. The number of para-hydroxylation sites is 4. The molecule has 0 N–H and O–H groups in total. The van der Waals surface area contributed by atoms with Crippen LogP contribution in [0.3, 0.4) is 0 Å². The van der Waals surface area contributed by atoms with Crippen LogP contribution in [0, 0.1) is 0 Å². The molecule has 0 fully saturated rings. The van der Waals surface area contributed by atoms with Gasteiger partial charge in [0.05, 0.1) is 5.20 Å². The Kier molecular flexibility index (Phi) is 5.54. The van der Waals surface area contributed by atoms with E-state index in [2.05, 4.69) is 13.2 Å². The van der Waals surface area contributed by atoms with Gasteiger partial charge in [-0.05, 0) is 18.2 Å². The Morgan fingerprint density at radius 3 is 2.14 bits per heavy atom. The predicted molar refractivity (Wildman–Crippen MR) is 79.3 cm³/mol. The van der Waals surface area contributed by atoms with Crippen LogP contribution >= 0.6 is 0 Å². The van der Waals surface area contributed by atoms with Gasteiger partial charge in [-0.3, -0.25) is 0 Å². The third kappa shape index (κ3) is 3.17. The van der Waals surface area contributed by atoms with E-state index in [1.165, 1.54) is 12.1 Å². The van der Waals surface area contributed by atoms with Gasteiger partial charge < -0.3 is 18.4 Å². The van der Waals surface area contributed by atoms with Crippen LogP contribution in [-0.2, 0) is 0 Å². The van der Waals surface area contributed by atoms with Crippen molar-refractivity contribution in [1.29, 1.82) is 0 Å². The third-order valence-corrected chi connectivity index (χ3v) is 5.53. The fourth-order valence-electron chi connectivity index (χ4n) is 1.97. The Morgan fingerprint density at radius 2 is 1.59 bits per heavy atom. The first-order valence-electron chi connectivity index (χ1n) is 6.38. The Labute approximate surface area is 172 Å². The number of fused-ring (bicyclic) bond motifs is 1. The fourth-order valence-corrected chi connectivity index (χ4v) is 4.11. The van der Waals surface area contributed by atoms with E-state index in [0.29, 0.717) is 16.7 Å². The normalized spacial score (nSPS) is 13.8. The van der Waals surface area contributed by atoms with Gasteiger partial charge in [-0.1, -0.05) is 55.3 Å². The zero-order chi connectivity index (χ0) is 14.9. The van der Waals surface area contributed by atoms with Crippen LogP contribution in [0.4, 0.5) is 0 Å². The Balaban J connectivity index is 0.00000176. The zero-order valence-corrected chi connectivity index (χ0v) is 16.4. The van der Waals surface area contributed by atoms with E-state index in [0.717, 1.165) is 0 Å². The molecule has 2 aromatic carbocycles. The average molecular weight is 336 g/mol. The van der Waals surface area contributed by atoms with Crippen molar-refractivity contribution in [3.8, 4) is 23.0 Å². The number of allylic oxidation sites excluding steroid dienone is 2. The van der Waals surface area contributed by atoms with Gasteiger partial charge in [0.25, 0.3) is 0 Å². The van der Waals surface area contributed by atoms with E-state index in [4.69, 9.17) is 13.3 Å². The van der Waals surface area contributed by atoms with Crippen LogP contribution < -0.4 is 69.8 Å². The van der Waals surface area contributed by atoms with E-state index in [9.17, 15) is 5.11 Å². The molecular weight excluding hydrogens is 323 g/mol. The Bertz CT molecular complexity index is 692. The molecule has 0 saturated heterocycles. The second-order valence-electron chi connectivity index (χ2n) is 4.49. The van der Waals surface area contributed by atoms with E-state index < -0.39 is 8.80 Å². The van der Waals surface area contributed by atoms with Crippen molar-refractivity contribution in [3.05, 3.63) is 73.0 Å². The van der Waals surface area contributed by atoms with Crippen molar-refractivity contribution in [3.63, 3.8) is 0 Å². The molecule has 6 heteroatoms. The summed E-state index contributed by atoms with van der Waals surface area (Å²) in [5.74, 6) is 1.11. The summed E-state index contributed by atoms with van der Waals surface area (Å²) in [5.41, 5.74) is 0. The summed E-state index contributed by atoms with van der Waals surface area (Å²) < 4.78 is 17.6. The largest absolute Gasteiger partial charge is 1.00 e. The van der Waals surface area contributed by atoms with Crippen LogP contribution in [-0.4, -0.2) is 8.80 Å². The molecule has 0 bridgehead atoms. The number of benzene rings is 2. The van der Waals surface area contributed by atoms with Crippen LogP contribution in [0.2, 0.25) is 0 Å². The SMILES string of the molecule is C=CC(=C)[Si]1(Oc2ccccc2[O-])Oc2ccccc2O1.[K+]. The van der Waals surface area contributed by atoms with Gasteiger partial charge in [0.2, 0.25) is 0 Å². The fraction of sp³-hybridized carbons (Fsp3) is 0. The van der Waals surface area contributed by atoms with Gasteiger partial charge in [-0.15, -0.1) is 0 Å². The van der Waals surface area contributed by atoms with E-state index in [1.54, 1.807) is 30.3 Å². The number of rotatable bonds is 4. The molecule has 106 valence electrons. The second-order valence-corrected chi connectivity index (χ2v) is 6.85. The summed E-state index contributed by atoms with van der Waals surface area (Å²) in [6.45, 7) is 7.60. The first-order chi connectivity index (χ1) is 10.1. The Morgan fingerprint density at radius 1 is 1.05 bits per heavy atom. The van der Waals surface area contributed by atoms with Crippen molar-refractivity contribution in [1.82, 2.24) is 0 Å². The van der Waals surface area contributed by atoms with Crippen molar-refractivity contribution in [2.75, 3.05) is 0 Å². The molecule has 0 aromatic heterocycles. The van der Waals surface area contributed by atoms with E-state index >= 15 is 0 Å². The maximum absolute atomic E-state index is 11.9. The van der Waals surface area contributed by atoms with Gasteiger partial charge in [0.1, 0.15) is 5.75 Å². The molecule has 2 aromatic rings. The van der Waals surface area contributed by atoms with Crippen molar-refractivity contribution >= 4 is 8.80 Å². The third-order valence-electron chi connectivity index (χ3n) is 3.07. The summed E-state index contributed by atoms with van der Waals surface area (Å²) in [6, 6.07) is 13.6. The van der Waals surface area contributed by atoms with Crippen molar-refractivity contribution in [2.24, 2.45) is 0 Å². The topological polar surface area (TPSA) is 50.8 Å². The smallest absolute Gasteiger partial charge is 0.870 e. The quantitative estimate of drug-likeness (QED) is 0.575. The number of hydrogen-bond donors (Lipinski definition) is 0. The number of hydrogen-bond acceptors (Lipinski definition) is 4. The van der Waals surface area contributed by atoms with Crippen LogP contribution in [0.25, 0.3) is 0 Å². The first-order valence-corrected chi connectivity index (χ1v) is 8.11. The summed E-state index contributed by atoms with van der Waals surface area (Å²) >= 11 is 0. The molecule has 1 heterocycles. The van der Waals surface area contributed by atoms with Gasteiger partial charge in [-0.2, -0.15) is 0 Å². The monoisotopic (exact) mass is 336 g/mol. The molecule has 1 aliphatic rings. The van der Waals surface area contributed by atoms with Gasteiger partial charge >= 0.3 is 60.2 Å². The van der Waals surface area contributed by atoms with E-state index in [-0.39, 0.29) is 62.9 Å². The standard InChI is InChI=1S/C16H14O4Si.K/c1-3-12(2)21(18-14-9-5-4-8-13(14)17)19-15-10-6-7-11-16(15)20-21;/h3-11,17H,1-2H2;/q;+1/p-1. The molecule has 0 saturated carbocycles. The van der Waals surface area contributed by atoms with Gasteiger partial charge in [0.15, 0.2) is 11.5 Å². The molecule has 0 radical (unpaired) electrons. The molecule has 1 aliphatic heterocycles. The van der Waals surface area contributed by atoms with Crippen molar-refractivity contribution in [2.45, 2.75) is 0 Å². The van der Waals surface area contributed by atoms with Crippen LogP contribution in [0.5, 0.6) is 23.0 Å². The summed E-state index contributed by atoms with van der Waals surface area (Å²) in [7, 11) is -3.33. The molecule has 0 aliphatic carbocycles. The summed E-state index contributed by atoms with van der Waals surface area (Å²) in [6.07, 6.45) is 1.53. The molecule has 0 atom stereocenters. The molecule has 0 amide bonds. The zero-order valence-electron chi connectivity index (χ0n) is 12.2. The summed E-state index contributed by atoms with van der Waals surface area (Å²) in [5, 5.41) is 12.4. The second kappa shape index (κ2) is 7.03. The molecule has 4 nitrogen and oxygen atoms in total. The minimum absolute atomic E-state index is 0. The van der Waals surface area contributed by atoms with Gasteiger partial charge in [-0.25, -0.2) is 0 Å². The Hall–Kier alpha value is -1.03. The minimum atomic E-state index is -3.33. The minimum Gasteiger partial charge on any atom is -0.870 e. The van der Waals surface area contributed by atoms with E-state index in [1.807, 2.05) is 12.1 Å². The molecule has 0 spiro atoms. The average Bonchev–Trinajstić information content (AvgIpc) is 2.88. The van der Waals surface area contributed by atoms with Crippen LogP contribution in [0.15, 0.2) is 73.0 Å².